The van der Waals surface area contributed by atoms with Crippen molar-refractivity contribution in [2.75, 3.05) is 24.2 Å². The van der Waals surface area contributed by atoms with Crippen molar-refractivity contribution in [2.45, 2.75) is 26.8 Å². The number of amides is 1. The largest absolute Gasteiger partial charge is 0.462 e. The molecule has 20 heavy (non-hydrogen) atoms. The van der Waals surface area contributed by atoms with E-state index >= 15 is 0 Å². The van der Waals surface area contributed by atoms with E-state index in [1.807, 2.05) is 13.8 Å². The topological polar surface area (TPSA) is 93.4 Å². The number of hydrogen-bond acceptors (Lipinski definition) is 5. The summed E-state index contributed by atoms with van der Waals surface area (Å²) in [4.78, 5) is 23.4. The summed E-state index contributed by atoms with van der Waals surface area (Å²) in [6.45, 7) is 5.85. The average Bonchev–Trinajstić information content (AvgIpc) is 2.36. The van der Waals surface area contributed by atoms with Gasteiger partial charge in [-0.25, -0.2) is 4.79 Å². The first-order chi connectivity index (χ1) is 9.43. The molecule has 1 rings (SSSR count). The predicted octanol–water partition coefficient (Wildman–Crippen LogP) is 1.38. The molecule has 0 bridgehead atoms. The van der Waals surface area contributed by atoms with Gasteiger partial charge in [0.2, 0.25) is 5.91 Å². The number of nitrogens with two attached hydrogens (primary N) is 1. The van der Waals surface area contributed by atoms with E-state index in [4.69, 9.17) is 10.5 Å². The van der Waals surface area contributed by atoms with E-state index < -0.39 is 5.97 Å². The third-order valence-corrected chi connectivity index (χ3v) is 2.43. The highest BCUT2D eigenvalue weighted by Crippen LogP contribution is 2.19. The lowest BCUT2D eigenvalue weighted by Gasteiger charge is -2.13. The summed E-state index contributed by atoms with van der Waals surface area (Å²) in [5.41, 5.74) is 6.98. The molecule has 0 saturated heterocycles. The second-order valence-corrected chi connectivity index (χ2v) is 4.60. The molecule has 0 unspecified atom stereocenters. The van der Waals surface area contributed by atoms with Crippen molar-refractivity contribution >= 4 is 23.3 Å². The van der Waals surface area contributed by atoms with Gasteiger partial charge in [0.05, 0.1) is 18.7 Å². The predicted molar refractivity (Wildman–Crippen MR) is 78.6 cm³/mol. The zero-order valence-corrected chi connectivity index (χ0v) is 12.0. The number of ether oxygens (including phenoxy) is 1. The summed E-state index contributed by atoms with van der Waals surface area (Å²) in [6.07, 6.45) is 0. The van der Waals surface area contributed by atoms with Gasteiger partial charge >= 0.3 is 5.97 Å². The molecule has 0 radical (unpaired) electrons. The molecule has 0 aliphatic rings. The smallest absolute Gasteiger partial charge is 0.340 e. The van der Waals surface area contributed by atoms with Gasteiger partial charge in [-0.3, -0.25) is 4.79 Å². The summed E-state index contributed by atoms with van der Waals surface area (Å²) in [6, 6.07) is 4.91. The Morgan fingerprint density at radius 2 is 2.05 bits per heavy atom. The molecular weight excluding hydrogens is 258 g/mol. The van der Waals surface area contributed by atoms with E-state index in [1.165, 1.54) is 6.07 Å². The van der Waals surface area contributed by atoms with E-state index in [0.29, 0.717) is 16.9 Å². The Balaban J connectivity index is 2.79. The maximum absolute atomic E-state index is 11.8. The van der Waals surface area contributed by atoms with Crippen molar-refractivity contribution in [3.63, 3.8) is 0 Å². The van der Waals surface area contributed by atoms with Crippen molar-refractivity contribution in [3.05, 3.63) is 23.8 Å². The minimum Gasteiger partial charge on any atom is -0.462 e. The Morgan fingerprint density at radius 3 is 2.65 bits per heavy atom. The molecule has 0 atom stereocenters. The molecular formula is C14H21N3O3. The van der Waals surface area contributed by atoms with Gasteiger partial charge in [0, 0.05) is 17.4 Å². The van der Waals surface area contributed by atoms with Gasteiger partial charge in [-0.15, -0.1) is 0 Å². The molecule has 1 aromatic rings. The molecule has 6 nitrogen and oxygen atoms in total. The third kappa shape index (κ3) is 4.79. The molecule has 4 N–H and O–H groups in total. The second-order valence-electron chi connectivity index (χ2n) is 4.60. The maximum Gasteiger partial charge on any atom is 0.340 e. The minimum absolute atomic E-state index is 0.0697. The maximum atomic E-state index is 11.8. The molecule has 0 saturated carbocycles. The van der Waals surface area contributed by atoms with Crippen molar-refractivity contribution in [1.82, 2.24) is 5.32 Å². The highest BCUT2D eigenvalue weighted by Gasteiger charge is 2.14. The molecule has 0 aromatic heterocycles. The molecule has 0 fully saturated rings. The first kappa shape index (κ1) is 15.8. The summed E-state index contributed by atoms with van der Waals surface area (Å²) in [5, 5.41) is 5.67. The number of carbonyl (C=O) groups excluding carboxylic acids is 2. The number of hydrogen-bond donors (Lipinski definition) is 3. The van der Waals surface area contributed by atoms with Crippen LogP contribution in [-0.2, 0) is 9.53 Å². The molecule has 0 aliphatic carbocycles. The van der Waals surface area contributed by atoms with Gasteiger partial charge in [0.15, 0.2) is 0 Å². The normalized spacial score (nSPS) is 10.2. The van der Waals surface area contributed by atoms with Crippen molar-refractivity contribution in [3.8, 4) is 0 Å². The van der Waals surface area contributed by atoms with E-state index in [1.54, 1.807) is 19.1 Å². The molecule has 1 aromatic carbocycles. The zero-order valence-electron chi connectivity index (χ0n) is 12.0. The van der Waals surface area contributed by atoms with Crippen LogP contribution in [0.4, 0.5) is 11.4 Å². The summed E-state index contributed by atoms with van der Waals surface area (Å²) < 4.78 is 4.96. The van der Waals surface area contributed by atoms with Crippen LogP contribution in [0.15, 0.2) is 18.2 Å². The van der Waals surface area contributed by atoms with Crippen molar-refractivity contribution < 1.29 is 14.3 Å². The molecule has 6 heteroatoms. The van der Waals surface area contributed by atoms with Crippen LogP contribution in [-0.4, -0.2) is 31.1 Å². The lowest BCUT2D eigenvalue weighted by Crippen LogP contribution is -2.35. The highest BCUT2D eigenvalue weighted by atomic mass is 16.5. The minimum atomic E-state index is -0.466. The number of carbonyl (C=O) groups is 2. The van der Waals surface area contributed by atoms with Crippen molar-refractivity contribution in [2.24, 2.45) is 0 Å². The van der Waals surface area contributed by atoms with Crippen molar-refractivity contribution in [1.29, 1.82) is 0 Å². The Hall–Kier alpha value is -2.24. The number of esters is 1. The number of rotatable bonds is 6. The number of nitrogen functional groups attached to an aromatic ring is 1. The Labute approximate surface area is 118 Å². The van der Waals surface area contributed by atoms with E-state index in [2.05, 4.69) is 10.6 Å². The molecule has 110 valence electrons. The summed E-state index contributed by atoms with van der Waals surface area (Å²) >= 11 is 0. The Kier molecular flexibility index (Phi) is 5.83. The monoisotopic (exact) mass is 279 g/mol. The van der Waals surface area contributed by atoms with Crippen LogP contribution in [0.3, 0.4) is 0 Å². The van der Waals surface area contributed by atoms with Crippen LogP contribution < -0.4 is 16.4 Å². The summed E-state index contributed by atoms with van der Waals surface area (Å²) in [7, 11) is 0. The number of nitrogens with one attached hydrogen (secondary N) is 2. The average molecular weight is 279 g/mol. The van der Waals surface area contributed by atoms with Crippen LogP contribution in [0.5, 0.6) is 0 Å². The summed E-state index contributed by atoms with van der Waals surface area (Å²) in [5.74, 6) is -0.613. The van der Waals surface area contributed by atoms with Gasteiger partial charge in [-0.1, -0.05) is 0 Å². The third-order valence-electron chi connectivity index (χ3n) is 2.43. The highest BCUT2D eigenvalue weighted by molar-refractivity contribution is 5.97. The zero-order chi connectivity index (χ0) is 15.1. The van der Waals surface area contributed by atoms with Gasteiger partial charge in [-0.2, -0.15) is 0 Å². The van der Waals surface area contributed by atoms with Crippen LogP contribution in [0.1, 0.15) is 31.1 Å². The number of benzene rings is 1. The first-order valence-corrected chi connectivity index (χ1v) is 6.54. The second kappa shape index (κ2) is 7.37. The van der Waals surface area contributed by atoms with Gasteiger partial charge in [0.25, 0.3) is 0 Å². The number of anilines is 2. The van der Waals surface area contributed by atoms with Crippen LogP contribution in [0, 0.1) is 0 Å². The van der Waals surface area contributed by atoms with E-state index in [0.717, 1.165) is 0 Å². The van der Waals surface area contributed by atoms with Crippen LogP contribution in [0.25, 0.3) is 0 Å². The quantitative estimate of drug-likeness (QED) is 0.540. The van der Waals surface area contributed by atoms with Crippen LogP contribution in [0.2, 0.25) is 0 Å². The molecule has 0 spiro atoms. The first-order valence-electron chi connectivity index (χ1n) is 6.54. The fourth-order valence-corrected chi connectivity index (χ4v) is 1.64. The fourth-order valence-electron chi connectivity index (χ4n) is 1.64. The fraction of sp³-hybridized carbons (Fsp3) is 0.429. The molecule has 0 heterocycles. The molecule has 0 aliphatic heterocycles. The standard InChI is InChI=1S/C14H21N3O3/c1-4-20-14(19)11-7-10(15)5-6-12(11)16-8-13(18)17-9(2)3/h5-7,9,16H,4,8,15H2,1-3H3,(H,17,18). The van der Waals surface area contributed by atoms with Crippen LogP contribution >= 0.6 is 0 Å². The van der Waals surface area contributed by atoms with Gasteiger partial charge in [0.1, 0.15) is 0 Å². The lowest BCUT2D eigenvalue weighted by atomic mass is 10.1. The van der Waals surface area contributed by atoms with Gasteiger partial charge in [-0.05, 0) is 39.0 Å². The Bertz CT molecular complexity index is 487. The van der Waals surface area contributed by atoms with Gasteiger partial charge < -0.3 is 21.1 Å². The SMILES string of the molecule is CCOC(=O)c1cc(N)ccc1NCC(=O)NC(C)C. The lowest BCUT2D eigenvalue weighted by molar-refractivity contribution is -0.119. The van der Waals surface area contributed by atoms with E-state index in [-0.39, 0.29) is 25.1 Å². The van der Waals surface area contributed by atoms with E-state index in [9.17, 15) is 9.59 Å². The Morgan fingerprint density at radius 1 is 1.35 bits per heavy atom. The molecule has 1 amide bonds.